The lowest BCUT2D eigenvalue weighted by Crippen LogP contribution is -2.39. The van der Waals surface area contributed by atoms with Crippen molar-refractivity contribution in [3.05, 3.63) is 64.6 Å². The monoisotopic (exact) mass is 437 g/mol. The number of rotatable bonds is 5. The fourth-order valence-corrected chi connectivity index (χ4v) is 5.16. The molecule has 30 heavy (non-hydrogen) atoms. The second-order valence-corrected chi connectivity index (χ2v) is 8.84. The van der Waals surface area contributed by atoms with Crippen molar-refractivity contribution in [2.45, 2.75) is 20.8 Å². The lowest BCUT2D eigenvalue weighted by atomic mass is 10.1. The molecule has 5 nitrogen and oxygen atoms in total. The number of aryl methyl sites for hydroxylation is 1. The van der Waals surface area contributed by atoms with Gasteiger partial charge in [-0.15, -0.1) is 0 Å². The molecule has 0 aromatic heterocycles. The first-order valence-corrected chi connectivity index (χ1v) is 11.2. The maximum absolute atomic E-state index is 13.5. The van der Waals surface area contributed by atoms with Crippen LogP contribution in [0.3, 0.4) is 0 Å². The van der Waals surface area contributed by atoms with Crippen LogP contribution in [0.25, 0.3) is 5.57 Å². The molecule has 4 rings (SSSR count). The molecular weight excluding hydrogens is 414 g/mol. The maximum Gasteiger partial charge on any atom is 0.271 e. The molecule has 0 radical (unpaired) electrons. The number of anilines is 2. The number of fused-ring (bicyclic) bond motifs is 1. The van der Waals surface area contributed by atoms with Crippen LogP contribution in [0.1, 0.15) is 25.0 Å². The van der Waals surface area contributed by atoms with Crippen molar-refractivity contribution in [2.24, 2.45) is 0 Å². The van der Waals surface area contributed by atoms with Crippen LogP contribution in [-0.2, 0) is 9.59 Å². The molecule has 0 atom stereocenters. The molecule has 0 spiro atoms. The summed E-state index contributed by atoms with van der Waals surface area (Å²) in [7, 11) is 0. The van der Waals surface area contributed by atoms with Crippen LogP contribution in [0.4, 0.5) is 11.4 Å². The van der Waals surface area contributed by atoms with Gasteiger partial charge in [0.15, 0.2) is 4.32 Å². The zero-order chi connectivity index (χ0) is 21.4. The fourth-order valence-electron chi connectivity index (χ4n) is 3.80. The van der Waals surface area contributed by atoms with Crippen LogP contribution in [0.5, 0.6) is 0 Å². The summed E-state index contributed by atoms with van der Waals surface area (Å²) in [6.45, 7) is 8.27. The first kappa shape index (κ1) is 20.8. The van der Waals surface area contributed by atoms with E-state index in [-0.39, 0.29) is 11.8 Å². The summed E-state index contributed by atoms with van der Waals surface area (Å²) < 4.78 is 0.448. The lowest BCUT2D eigenvalue weighted by molar-refractivity contribution is -0.115. The van der Waals surface area contributed by atoms with Crippen molar-refractivity contribution in [1.29, 1.82) is 0 Å². The first-order valence-electron chi connectivity index (χ1n) is 9.97. The summed E-state index contributed by atoms with van der Waals surface area (Å²) in [5.41, 5.74) is 3.80. The molecule has 0 unspecified atom stereocenters. The predicted molar refractivity (Wildman–Crippen MR) is 127 cm³/mol. The van der Waals surface area contributed by atoms with Gasteiger partial charge in [-0.2, -0.15) is 0 Å². The highest BCUT2D eigenvalue weighted by atomic mass is 32.2. The van der Waals surface area contributed by atoms with E-state index in [0.29, 0.717) is 21.5 Å². The summed E-state index contributed by atoms with van der Waals surface area (Å²) in [4.78, 5) is 32.8. The van der Waals surface area contributed by atoms with E-state index in [0.717, 1.165) is 35.6 Å². The van der Waals surface area contributed by atoms with E-state index >= 15 is 0 Å². The van der Waals surface area contributed by atoms with Crippen molar-refractivity contribution in [2.75, 3.05) is 29.6 Å². The SMILES string of the molecule is CCN(CC)CN1C(=O)C(=C2SC(=S)N(c3ccccc3C)C2=O)c2ccccc21. The minimum absolute atomic E-state index is 0.145. The minimum atomic E-state index is -0.234. The van der Waals surface area contributed by atoms with Gasteiger partial charge in [0.1, 0.15) is 0 Å². The van der Waals surface area contributed by atoms with Gasteiger partial charge in [0.25, 0.3) is 11.8 Å². The molecular formula is C23H23N3O2S2. The molecule has 2 aliphatic rings. The van der Waals surface area contributed by atoms with Crippen LogP contribution in [0, 0.1) is 6.92 Å². The average Bonchev–Trinajstić information content (AvgIpc) is 3.19. The Morgan fingerprint density at radius 1 is 0.933 bits per heavy atom. The first-order chi connectivity index (χ1) is 14.5. The van der Waals surface area contributed by atoms with Gasteiger partial charge in [0, 0.05) is 5.56 Å². The topological polar surface area (TPSA) is 43.9 Å². The largest absolute Gasteiger partial charge is 0.294 e. The van der Waals surface area contributed by atoms with Crippen molar-refractivity contribution in [1.82, 2.24) is 4.90 Å². The van der Waals surface area contributed by atoms with Gasteiger partial charge in [-0.25, -0.2) is 0 Å². The summed E-state index contributed by atoms with van der Waals surface area (Å²) >= 11 is 6.76. The Bertz CT molecular complexity index is 1080. The van der Waals surface area contributed by atoms with Gasteiger partial charge in [-0.1, -0.05) is 74.2 Å². The van der Waals surface area contributed by atoms with E-state index < -0.39 is 0 Å². The summed E-state index contributed by atoms with van der Waals surface area (Å²) in [6, 6.07) is 15.3. The summed E-state index contributed by atoms with van der Waals surface area (Å²) in [5.74, 6) is -0.379. The van der Waals surface area contributed by atoms with Crippen LogP contribution in [-0.4, -0.2) is 40.8 Å². The van der Waals surface area contributed by atoms with Gasteiger partial charge in [0.2, 0.25) is 0 Å². The Morgan fingerprint density at radius 2 is 1.57 bits per heavy atom. The molecule has 7 heteroatoms. The lowest BCUT2D eigenvalue weighted by Gasteiger charge is -2.25. The van der Waals surface area contributed by atoms with Crippen LogP contribution >= 0.6 is 24.0 Å². The second-order valence-electron chi connectivity index (χ2n) is 7.19. The molecule has 0 saturated carbocycles. The quantitative estimate of drug-likeness (QED) is 0.512. The second kappa shape index (κ2) is 8.34. The zero-order valence-corrected chi connectivity index (χ0v) is 18.8. The van der Waals surface area contributed by atoms with E-state index in [2.05, 4.69) is 18.7 Å². The molecule has 2 aromatic rings. The fraction of sp³-hybridized carbons (Fsp3) is 0.261. The Balaban J connectivity index is 1.80. The maximum atomic E-state index is 13.5. The van der Waals surface area contributed by atoms with E-state index in [1.807, 2.05) is 55.5 Å². The minimum Gasteiger partial charge on any atom is -0.294 e. The predicted octanol–water partition coefficient (Wildman–Crippen LogP) is 4.42. The Morgan fingerprint density at radius 3 is 2.23 bits per heavy atom. The van der Waals surface area contributed by atoms with Gasteiger partial charge >= 0.3 is 0 Å². The number of amides is 2. The zero-order valence-electron chi connectivity index (χ0n) is 17.2. The van der Waals surface area contributed by atoms with Gasteiger partial charge < -0.3 is 0 Å². The normalized spacial score (nSPS) is 18.7. The molecule has 154 valence electrons. The number of benzene rings is 2. The number of hydrogen-bond acceptors (Lipinski definition) is 5. The number of carbonyl (C=O) groups excluding carboxylic acids is 2. The number of thioether (sulfide) groups is 1. The number of para-hydroxylation sites is 2. The van der Waals surface area contributed by atoms with Crippen LogP contribution < -0.4 is 9.80 Å². The highest BCUT2D eigenvalue weighted by Crippen LogP contribution is 2.45. The number of nitrogens with zero attached hydrogens (tertiary/aromatic N) is 3. The molecule has 2 heterocycles. The number of hydrogen-bond donors (Lipinski definition) is 0. The smallest absolute Gasteiger partial charge is 0.271 e. The number of thiocarbonyl (C=S) groups is 1. The van der Waals surface area contributed by atoms with Gasteiger partial charge in [-0.05, 0) is 37.7 Å². The third-order valence-corrected chi connectivity index (χ3v) is 6.88. The van der Waals surface area contributed by atoms with Crippen molar-refractivity contribution < 1.29 is 9.59 Å². The van der Waals surface area contributed by atoms with Crippen LogP contribution in [0.15, 0.2) is 53.4 Å². The van der Waals surface area contributed by atoms with Crippen molar-refractivity contribution in [3.63, 3.8) is 0 Å². The van der Waals surface area contributed by atoms with Crippen molar-refractivity contribution in [3.8, 4) is 0 Å². The standard InChI is InChI=1S/C23H23N3O2S2/c1-4-24(5-2)14-25-18-13-9-7-11-16(18)19(21(25)27)20-22(28)26(23(29)30-20)17-12-8-6-10-15(17)3/h6-13H,4-5,14H2,1-3H3. The van der Waals surface area contributed by atoms with Crippen LogP contribution in [0.2, 0.25) is 0 Å². The Labute approximate surface area is 186 Å². The van der Waals surface area contributed by atoms with E-state index in [4.69, 9.17) is 12.2 Å². The average molecular weight is 438 g/mol. The van der Waals surface area contributed by atoms with Gasteiger partial charge in [-0.3, -0.25) is 24.3 Å². The summed E-state index contributed by atoms with van der Waals surface area (Å²) in [5, 5.41) is 0. The van der Waals surface area contributed by atoms with E-state index in [1.54, 1.807) is 9.80 Å². The molecule has 1 fully saturated rings. The Hall–Kier alpha value is -2.48. The summed E-state index contributed by atoms with van der Waals surface area (Å²) in [6.07, 6.45) is 0. The molecule has 0 N–H and O–H groups in total. The van der Waals surface area contributed by atoms with Gasteiger partial charge in [0.05, 0.1) is 28.5 Å². The molecule has 1 saturated heterocycles. The molecule has 2 aliphatic heterocycles. The van der Waals surface area contributed by atoms with E-state index in [1.165, 1.54) is 11.8 Å². The Kier molecular flexibility index (Phi) is 5.77. The highest BCUT2D eigenvalue weighted by molar-refractivity contribution is 8.27. The number of carbonyl (C=O) groups is 2. The molecule has 2 amide bonds. The molecule has 2 aromatic carbocycles. The third kappa shape index (κ3) is 3.37. The van der Waals surface area contributed by atoms with E-state index in [9.17, 15) is 9.59 Å². The highest BCUT2D eigenvalue weighted by Gasteiger charge is 2.42. The third-order valence-electron chi connectivity index (χ3n) is 5.51. The molecule has 0 bridgehead atoms. The van der Waals surface area contributed by atoms with Crippen molar-refractivity contribution >= 4 is 57.1 Å². The molecule has 0 aliphatic carbocycles.